The summed E-state index contributed by atoms with van der Waals surface area (Å²) in [5.41, 5.74) is 0.514. The third-order valence-corrected chi connectivity index (χ3v) is 5.20. The van der Waals surface area contributed by atoms with Gasteiger partial charge in [0.2, 0.25) is 23.5 Å². The number of piperazine rings is 1. The van der Waals surface area contributed by atoms with E-state index in [1.807, 2.05) is 0 Å². The average Bonchev–Trinajstić information content (AvgIpc) is 2.61. The van der Waals surface area contributed by atoms with E-state index in [0.29, 0.717) is 0 Å². The molecule has 9 heteroatoms. The number of nitrogens with zero attached hydrogens (tertiary/aromatic N) is 2. The number of carbonyl (C=O) groups excluding carboxylic acids is 5. The number of allylic oxidation sites excluding steroid dienone is 2. The van der Waals surface area contributed by atoms with Crippen molar-refractivity contribution in [1.29, 1.82) is 0 Å². The highest BCUT2D eigenvalue weighted by atomic mass is 16.5. The summed E-state index contributed by atoms with van der Waals surface area (Å²) in [5, 5.41) is 2.60. The SMILES string of the molecule is COC1=C(C)C(=O)C2=C(C1=O)[C@H](CNC(C)=O)N1C(=O)CN(C)C(=O)[C@@H]1C2. The maximum absolute atomic E-state index is 13.0. The lowest BCUT2D eigenvalue weighted by Gasteiger charge is -2.47. The van der Waals surface area contributed by atoms with Crippen LogP contribution in [-0.2, 0) is 28.7 Å². The number of rotatable bonds is 3. The second kappa shape index (κ2) is 6.64. The molecule has 0 bridgehead atoms. The third-order valence-electron chi connectivity index (χ3n) is 5.20. The average molecular weight is 375 g/mol. The van der Waals surface area contributed by atoms with Crippen LogP contribution < -0.4 is 5.32 Å². The van der Waals surface area contributed by atoms with Crippen molar-refractivity contribution in [2.24, 2.45) is 0 Å². The second-order valence-corrected chi connectivity index (χ2v) is 6.88. The molecule has 0 aromatic heterocycles. The molecular weight excluding hydrogens is 354 g/mol. The summed E-state index contributed by atoms with van der Waals surface area (Å²) in [6.45, 7) is 2.62. The van der Waals surface area contributed by atoms with Crippen LogP contribution in [0, 0.1) is 0 Å². The van der Waals surface area contributed by atoms with Crippen LogP contribution >= 0.6 is 0 Å². The molecule has 1 N–H and O–H groups in total. The van der Waals surface area contributed by atoms with Crippen molar-refractivity contribution in [3.8, 4) is 0 Å². The van der Waals surface area contributed by atoms with Crippen LogP contribution in [0.5, 0.6) is 0 Å². The summed E-state index contributed by atoms with van der Waals surface area (Å²) < 4.78 is 5.12. The summed E-state index contributed by atoms with van der Waals surface area (Å²) in [5.74, 6) is -1.92. The lowest BCUT2D eigenvalue weighted by molar-refractivity contribution is -0.157. The highest BCUT2D eigenvalue weighted by molar-refractivity contribution is 6.25. The van der Waals surface area contributed by atoms with Crippen molar-refractivity contribution in [3.05, 3.63) is 22.5 Å². The topological polar surface area (TPSA) is 113 Å². The first-order valence-electron chi connectivity index (χ1n) is 8.56. The van der Waals surface area contributed by atoms with Gasteiger partial charge in [-0.2, -0.15) is 0 Å². The van der Waals surface area contributed by atoms with Crippen molar-refractivity contribution in [3.63, 3.8) is 0 Å². The lowest BCUT2D eigenvalue weighted by Crippen LogP contribution is -2.66. The maximum atomic E-state index is 13.0. The Morgan fingerprint density at radius 1 is 1.22 bits per heavy atom. The number of ether oxygens (including phenoxy) is 1. The van der Waals surface area contributed by atoms with Gasteiger partial charge in [-0.1, -0.05) is 0 Å². The van der Waals surface area contributed by atoms with Crippen LogP contribution in [0.1, 0.15) is 20.3 Å². The number of fused-ring (bicyclic) bond motifs is 1. The second-order valence-electron chi connectivity index (χ2n) is 6.88. The van der Waals surface area contributed by atoms with Gasteiger partial charge in [0.05, 0.1) is 19.7 Å². The van der Waals surface area contributed by atoms with E-state index in [4.69, 9.17) is 4.74 Å². The van der Waals surface area contributed by atoms with Crippen LogP contribution in [0.15, 0.2) is 22.5 Å². The van der Waals surface area contributed by atoms with Gasteiger partial charge < -0.3 is 19.9 Å². The van der Waals surface area contributed by atoms with Gasteiger partial charge in [-0.15, -0.1) is 0 Å². The Hall–Kier alpha value is -2.97. The largest absolute Gasteiger partial charge is 0.492 e. The zero-order chi connectivity index (χ0) is 20.0. The summed E-state index contributed by atoms with van der Waals surface area (Å²) in [7, 11) is 2.82. The van der Waals surface area contributed by atoms with Crippen LogP contribution in [0.2, 0.25) is 0 Å². The number of hydrogen-bond acceptors (Lipinski definition) is 6. The van der Waals surface area contributed by atoms with Crippen molar-refractivity contribution in [2.45, 2.75) is 32.4 Å². The molecular formula is C18H21N3O6. The molecule has 3 rings (SSSR count). The van der Waals surface area contributed by atoms with Crippen molar-refractivity contribution in [2.75, 3.05) is 27.2 Å². The van der Waals surface area contributed by atoms with Gasteiger partial charge in [0.15, 0.2) is 11.5 Å². The number of amides is 3. The predicted molar refractivity (Wildman–Crippen MR) is 92.1 cm³/mol. The van der Waals surface area contributed by atoms with E-state index in [1.165, 1.54) is 37.8 Å². The molecule has 0 aromatic rings. The molecule has 27 heavy (non-hydrogen) atoms. The first-order valence-corrected chi connectivity index (χ1v) is 8.56. The van der Waals surface area contributed by atoms with E-state index >= 15 is 0 Å². The van der Waals surface area contributed by atoms with E-state index in [9.17, 15) is 24.0 Å². The number of likely N-dealkylation sites (N-methyl/N-ethyl adjacent to an activating group) is 1. The molecule has 1 saturated heterocycles. The Labute approximate surface area is 156 Å². The van der Waals surface area contributed by atoms with Gasteiger partial charge in [-0.25, -0.2) is 0 Å². The number of hydrogen-bond donors (Lipinski definition) is 1. The quantitative estimate of drug-likeness (QED) is 0.629. The van der Waals surface area contributed by atoms with Crippen molar-refractivity contribution >= 4 is 29.3 Å². The number of methoxy groups -OCH3 is 1. The highest BCUT2D eigenvalue weighted by Gasteiger charge is 2.51. The molecule has 1 aliphatic carbocycles. The normalized spacial score (nSPS) is 25.6. The molecule has 2 atom stereocenters. The van der Waals surface area contributed by atoms with E-state index in [0.717, 1.165) is 0 Å². The monoisotopic (exact) mass is 375 g/mol. The number of carbonyl (C=O) groups is 5. The molecule has 2 aliphatic heterocycles. The zero-order valence-corrected chi connectivity index (χ0v) is 15.6. The van der Waals surface area contributed by atoms with Gasteiger partial charge in [-0.05, 0) is 6.92 Å². The first-order chi connectivity index (χ1) is 12.7. The minimum atomic E-state index is -0.900. The molecule has 1 fully saturated rings. The Kier molecular flexibility index (Phi) is 4.63. The molecule has 0 aromatic carbocycles. The smallest absolute Gasteiger partial charge is 0.245 e. The third kappa shape index (κ3) is 2.83. The summed E-state index contributed by atoms with van der Waals surface area (Å²) in [4.78, 5) is 65.2. The Balaban J connectivity index is 2.14. The molecule has 0 radical (unpaired) electrons. The zero-order valence-electron chi connectivity index (χ0n) is 15.6. The standard InChI is InChI=1S/C18H21N3O6/c1-8-15(24)10-5-11-18(26)20(3)7-13(23)21(11)12(6-19-9(2)22)14(10)16(25)17(8)27-4/h11-12H,5-7H2,1-4H3,(H,19,22)/t11-,12-/m0/s1. The van der Waals surface area contributed by atoms with Gasteiger partial charge in [0, 0.05) is 43.7 Å². The molecule has 9 nitrogen and oxygen atoms in total. The fraction of sp³-hybridized carbons (Fsp3) is 0.500. The summed E-state index contributed by atoms with van der Waals surface area (Å²) >= 11 is 0. The van der Waals surface area contributed by atoms with Gasteiger partial charge in [-0.3, -0.25) is 24.0 Å². The molecule has 3 amide bonds. The van der Waals surface area contributed by atoms with E-state index in [-0.39, 0.29) is 65.5 Å². The molecule has 2 heterocycles. The molecule has 0 saturated carbocycles. The molecule has 0 unspecified atom stereocenters. The van der Waals surface area contributed by atoms with Crippen molar-refractivity contribution < 1.29 is 28.7 Å². The first kappa shape index (κ1) is 18.8. The van der Waals surface area contributed by atoms with E-state index in [1.54, 1.807) is 0 Å². The van der Waals surface area contributed by atoms with Gasteiger partial charge in [0.1, 0.15) is 6.04 Å². The predicted octanol–water partition coefficient (Wildman–Crippen LogP) is -1.07. The summed E-state index contributed by atoms with van der Waals surface area (Å²) in [6.07, 6.45) is -0.0280. The fourth-order valence-electron chi connectivity index (χ4n) is 3.94. The fourth-order valence-corrected chi connectivity index (χ4v) is 3.94. The Morgan fingerprint density at radius 2 is 1.89 bits per heavy atom. The number of nitrogens with one attached hydrogen (secondary N) is 1. The van der Waals surface area contributed by atoms with Crippen LogP contribution in [-0.4, -0.2) is 78.4 Å². The maximum Gasteiger partial charge on any atom is 0.245 e. The van der Waals surface area contributed by atoms with Crippen molar-refractivity contribution in [1.82, 2.24) is 15.1 Å². The van der Waals surface area contributed by atoms with Gasteiger partial charge >= 0.3 is 0 Å². The van der Waals surface area contributed by atoms with E-state index in [2.05, 4.69) is 5.32 Å². The van der Waals surface area contributed by atoms with E-state index < -0.39 is 17.9 Å². The van der Waals surface area contributed by atoms with Gasteiger partial charge in [0.25, 0.3) is 0 Å². The van der Waals surface area contributed by atoms with Crippen LogP contribution in [0.25, 0.3) is 0 Å². The number of ketones is 2. The summed E-state index contributed by atoms with van der Waals surface area (Å²) in [6, 6.07) is -1.77. The Bertz CT molecular complexity index is 840. The molecule has 0 spiro atoms. The highest BCUT2D eigenvalue weighted by Crippen LogP contribution is 2.38. The molecule has 144 valence electrons. The molecule has 3 aliphatic rings. The van der Waals surface area contributed by atoms with Crippen LogP contribution in [0.4, 0.5) is 0 Å². The Morgan fingerprint density at radius 3 is 2.48 bits per heavy atom. The minimum Gasteiger partial charge on any atom is -0.492 e. The number of Topliss-reactive ketones (excluding diaryl/α,β-unsaturated/α-hetero) is 2. The minimum absolute atomic E-state index is 0.0280. The lowest BCUT2D eigenvalue weighted by atomic mass is 9.77. The van der Waals surface area contributed by atoms with Crippen LogP contribution in [0.3, 0.4) is 0 Å².